The SMILES string of the molecule is CCNC(=O)C1CCN(CC(=O)OC2CC(C)CCC2C(C)C)CC1. The molecule has 3 unspecified atom stereocenters. The third-order valence-corrected chi connectivity index (χ3v) is 5.91. The van der Waals surface area contributed by atoms with E-state index in [1.165, 1.54) is 6.42 Å². The van der Waals surface area contributed by atoms with Gasteiger partial charge < -0.3 is 10.1 Å². The maximum absolute atomic E-state index is 12.4. The van der Waals surface area contributed by atoms with Gasteiger partial charge in [0.05, 0.1) is 6.54 Å². The zero-order valence-corrected chi connectivity index (χ0v) is 16.4. The van der Waals surface area contributed by atoms with Gasteiger partial charge in [0, 0.05) is 12.5 Å². The molecule has 1 aliphatic heterocycles. The van der Waals surface area contributed by atoms with E-state index in [0.29, 0.717) is 30.8 Å². The lowest BCUT2D eigenvalue weighted by Gasteiger charge is -2.37. The van der Waals surface area contributed by atoms with Crippen LogP contribution in [0.2, 0.25) is 0 Å². The van der Waals surface area contributed by atoms with Crippen LogP contribution in [0.25, 0.3) is 0 Å². The summed E-state index contributed by atoms with van der Waals surface area (Å²) in [5.74, 6) is 1.83. The summed E-state index contributed by atoms with van der Waals surface area (Å²) in [5, 5.41) is 2.90. The Balaban J connectivity index is 1.77. The zero-order chi connectivity index (χ0) is 18.4. The molecule has 0 aromatic rings. The Morgan fingerprint density at radius 2 is 1.84 bits per heavy atom. The molecule has 5 nitrogen and oxygen atoms in total. The molecule has 0 radical (unpaired) electrons. The number of piperidine rings is 1. The van der Waals surface area contributed by atoms with Crippen LogP contribution in [-0.2, 0) is 14.3 Å². The highest BCUT2D eigenvalue weighted by molar-refractivity contribution is 5.78. The molecule has 3 atom stereocenters. The Morgan fingerprint density at radius 1 is 1.16 bits per heavy atom. The lowest BCUT2D eigenvalue weighted by molar-refractivity contribution is -0.157. The second kappa shape index (κ2) is 9.56. The summed E-state index contributed by atoms with van der Waals surface area (Å²) >= 11 is 0. The molecule has 1 N–H and O–H groups in total. The van der Waals surface area contributed by atoms with E-state index in [1.54, 1.807) is 0 Å². The van der Waals surface area contributed by atoms with Crippen molar-refractivity contribution in [3.63, 3.8) is 0 Å². The minimum Gasteiger partial charge on any atom is -0.461 e. The number of carbonyl (C=O) groups excluding carboxylic acids is 2. The van der Waals surface area contributed by atoms with Gasteiger partial charge in [0.25, 0.3) is 0 Å². The highest BCUT2D eigenvalue weighted by Crippen LogP contribution is 2.35. The summed E-state index contributed by atoms with van der Waals surface area (Å²) in [4.78, 5) is 26.5. The van der Waals surface area contributed by atoms with Gasteiger partial charge in [0.15, 0.2) is 0 Å². The van der Waals surface area contributed by atoms with Crippen LogP contribution in [0.15, 0.2) is 0 Å². The number of hydrogen-bond donors (Lipinski definition) is 1. The van der Waals surface area contributed by atoms with E-state index in [-0.39, 0.29) is 23.9 Å². The van der Waals surface area contributed by atoms with Crippen LogP contribution in [-0.4, -0.2) is 49.1 Å². The fourth-order valence-electron chi connectivity index (χ4n) is 4.31. The third-order valence-electron chi connectivity index (χ3n) is 5.91. The van der Waals surface area contributed by atoms with Gasteiger partial charge >= 0.3 is 5.97 Å². The van der Waals surface area contributed by atoms with Gasteiger partial charge in [-0.05, 0) is 63.5 Å². The fourth-order valence-corrected chi connectivity index (χ4v) is 4.31. The minimum absolute atomic E-state index is 0.0733. The van der Waals surface area contributed by atoms with E-state index in [0.717, 1.165) is 38.8 Å². The smallest absolute Gasteiger partial charge is 0.320 e. The van der Waals surface area contributed by atoms with E-state index in [2.05, 4.69) is 31.0 Å². The summed E-state index contributed by atoms with van der Waals surface area (Å²) in [6, 6.07) is 0. The molecule has 144 valence electrons. The van der Waals surface area contributed by atoms with E-state index in [1.807, 2.05) is 6.92 Å². The maximum atomic E-state index is 12.4. The average molecular weight is 353 g/mol. The van der Waals surface area contributed by atoms with Crippen molar-refractivity contribution in [1.29, 1.82) is 0 Å². The molecule has 2 aliphatic rings. The predicted octanol–water partition coefficient (Wildman–Crippen LogP) is 2.84. The Labute approximate surface area is 152 Å². The van der Waals surface area contributed by atoms with E-state index in [4.69, 9.17) is 4.74 Å². The normalized spacial score (nSPS) is 28.8. The zero-order valence-electron chi connectivity index (χ0n) is 16.4. The van der Waals surface area contributed by atoms with Gasteiger partial charge in [-0.1, -0.05) is 27.2 Å². The summed E-state index contributed by atoms with van der Waals surface area (Å²) < 4.78 is 5.89. The molecule has 1 saturated heterocycles. The van der Waals surface area contributed by atoms with E-state index >= 15 is 0 Å². The van der Waals surface area contributed by atoms with Crippen LogP contribution in [0.5, 0.6) is 0 Å². The lowest BCUT2D eigenvalue weighted by atomic mass is 9.75. The molecule has 1 saturated carbocycles. The number of ether oxygens (including phenoxy) is 1. The molecular formula is C20H36N2O3. The van der Waals surface area contributed by atoms with Crippen LogP contribution in [0.3, 0.4) is 0 Å². The molecule has 1 amide bonds. The number of nitrogens with one attached hydrogen (secondary N) is 1. The quantitative estimate of drug-likeness (QED) is 0.747. The second-order valence-electron chi connectivity index (χ2n) is 8.30. The number of rotatable bonds is 6. The van der Waals surface area contributed by atoms with Crippen molar-refractivity contribution in [2.45, 2.75) is 65.9 Å². The van der Waals surface area contributed by atoms with Gasteiger partial charge in [0.2, 0.25) is 5.91 Å². The fraction of sp³-hybridized carbons (Fsp3) is 0.900. The first-order chi connectivity index (χ1) is 11.9. The lowest BCUT2D eigenvalue weighted by Crippen LogP contribution is -2.44. The highest BCUT2D eigenvalue weighted by Gasteiger charge is 2.34. The molecule has 1 aliphatic carbocycles. The number of nitrogens with zero attached hydrogens (tertiary/aromatic N) is 1. The Kier molecular flexibility index (Phi) is 7.73. The van der Waals surface area contributed by atoms with Gasteiger partial charge in [-0.15, -0.1) is 0 Å². The number of hydrogen-bond acceptors (Lipinski definition) is 4. The first kappa shape index (κ1) is 20.2. The topological polar surface area (TPSA) is 58.6 Å². The van der Waals surface area contributed by atoms with Crippen molar-refractivity contribution >= 4 is 11.9 Å². The summed E-state index contributed by atoms with van der Waals surface area (Å²) in [7, 11) is 0. The molecule has 2 fully saturated rings. The number of amides is 1. The molecule has 0 spiro atoms. The Hall–Kier alpha value is -1.10. The van der Waals surface area contributed by atoms with Crippen molar-refractivity contribution in [3.8, 4) is 0 Å². The highest BCUT2D eigenvalue weighted by atomic mass is 16.5. The maximum Gasteiger partial charge on any atom is 0.320 e. The van der Waals surface area contributed by atoms with Gasteiger partial charge in [0.1, 0.15) is 6.10 Å². The molecular weight excluding hydrogens is 316 g/mol. The van der Waals surface area contributed by atoms with Gasteiger partial charge in [-0.25, -0.2) is 0 Å². The van der Waals surface area contributed by atoms with E-state index < -0.39 is 0 Å². The van der Waals surface area contributed by atoms with Crippen LogP contribution in [0.4, 0.5) is 0 Å². The van der Waals surface area contributed by atoms with Crippen molar-refractivity contribution in [2.24, 2.45) is 23.7 Å². The number of carbonyl (C=O) groups is 2. The van der Waals surface area contributed by atoms with E-state index in [9.17, 15) is 9.59 Å². The van der Waals surface area contributed by atoms with Crippen LogP contribution < -0.4 is 5.32 Å². The largest absolute Gasteiger partial charge is 0.461 e. The van der Waals surface area contributed by atoms with Crippen molar-refractivity contribution in [3.05, 3.63) is 0 Å². The molecule has 5 heteroatoms. The Bertz CT molecular complexity index is 444. The number of likely N-dealkylation sites (tertiary alicyclic amines) is 1. The molecule has 0 aromatic heterocycles. The van der Waals surface area contributed by atoms with Crippen molar-refractivity contribution in [1.82, 2.24) is 10.2 Å². The van der Waals surface area contributed by atoms with Crippen LogP contribution in [0, 0.1) is 23.7 Å². The summed E-state index contributed by atoms with van der Waals surface area (Å²) in [6.45, 7) is 11.3. The summed E-state index contributed by atoms with van der Waals surface area (Å²) in [6.07, 6.45) is 5.12. The third kappa shape index (κ3) is 5.98. The van der Waals surface area contributed by atoms with Gasteiger partial charge in [-0.3, -0.25) is 14.5 Å². The van der Waals surface area contributed by atoms with Gasteiger partial charge in [-0.2, -0.15) is 0 Å². The van der Waals surface area contributed by atoms with Crippen LogP contribution >= 0.6 is 0 Å². The monoisotopic (exact) mass is 352 g/mol. The van der Waals surface area contributed by atoms with Crippen molar-refractivity contribution in [2.75, 3.05) is 26.2 Å². The molecule has 0 bridgehead atoms. The average Bonchev–Trinajstić information content (AvgIpc) is 2.55. The number of esters is 1. The Morgan fingerprint density at radius 3 is 2.44 bits per heavy atom. The first-order valence-corrected chi connectivity index (χ1v) is 10.1. The standard InChI is InChI=1S/C20H36N2O3/c1-5-21-20(24)16-8-10-22(11-9-16)13-19(23)25-18-12-15(4)6-7-17(18)14(2)3/h14-18H,5-13H2,1-4H3,(H,21,24). The van der Waals surface area contributed by atoms with Crippen LogP contribution in [0.1, 0.15) is 59.8 Å². The molecule has 2 rings (SSSR count). The van der Waals surface area contributed by atoms with Crippen molar-refractivity contribution < 1.29 is 14.3 Å². The molecule has 25 heavy (non-hydrogen) atoms. The molecule has 0 aromatic carbocycles. The second-order valence-corrected chi connectivity index (χ2v) is 8.30. The predicted molar refractivity (Wildman–Crippen MR) is 99.1 cm³/mol. The molecule has 1 heterocycles. The minimum atomic E-state index is -0.0961. The summed E-state index contributed by atoms with van der Waals surface area (Å²) in [5.41, 5.74) is 0. The first-order valence-electron chi connectivity index (χ1n) is 10.1.